The smallest absolute Gasteiger partial charge is 0.332 e. The van der Waals surface area contributed by atoms with Gasteiger partial charge in [-0.1, -0.05) is 0 Å². The second-order valence-electron chi connectivity index (χ2n) is 5.92. The van der Waals surface area contributed by atoms with Crippen molar-refractivity contribution in [3.8, 4) is 0 Å². The molecule has 0 aromatic rings. The first kappa shape index (κ1) is 14.7. The zero-order valence-electron chi connectivity index (χ0n) is 11.7. The van der Waals surface area contributed by atoms with Crippen LogP contribution in [0.3, 0.4) is 0 Å². The molecule has 2 saturated heterocycles. The Hall–Kier alpha value is -0.690. The number of ether oxygens (including phenoxy) is 1. The van der Waals surface area contributed by atoms with Crippen LogP contribution in [-0.4, -0.2) is 84.1 Å². The van der Waals surface area contributed by atoms with E-state index in [1.165, 1.54) is 0 Å². The minimum Gasteiger partial charge on any atom is -0.479 e. The first-order valence-electron chi connectivity index (χ1n) is 6.91. The van der Waals surface area contributed by atoms with Gasteiger partial charge in [-0.25, -0.2) is 4.79 Å². The second-order valence-corrected chi connectivity index (χ2v) is 5.92. The van der Waals surface area contributed by atoms with E-state index in [0.717, 1.165) is 25.9 Å². The number of carbonyl (C=O) groups is 1. The summed E-state index contributed by atoms with van der Waals surface area (Å²) in [4.78, 5) is 15.2. The van der Waals surface area contributed by atoms with Gasteiger partial charge < -0.3 is 19.8 Å². The van der Waals surface area contributed by atoms with Crippen LogP contribution in [0.1, 0.15) is 19.3 Å². The molecule has 0 aliphatic carbocycles. The molecule has 4 unspecified atom stereocenters. The summed E-state index contributed by atoms with van der Waals surface area (Å²) in [5, 5.41) is 18.7. The molecule has 2 rings (SSSR count). The van der Waals surface area contributed by atoms with Crippen LogP contribution >= 0.6 is 0 Å². The first-order chi connectivity index (χ1) is 8.95. The van der Waals surface area contributed by atoms with Crippen molar-refractivity contribution in [2.75, 3.05) is 33.7 Å². The number of β-amino-alcohol motifs (C(OH)–C–C–N with tert-alkyl or cyclic N) is 1. The van der Waals surface area contributed by atoms with Gasteiger partial charge in [0, 0.05) is 25.7 Å². The molecule has 6 heteroatoms. The highest BCUT2D eigenvalue weighted by Gasteiger charge is 2.36. The van der Waals surface area contributed by atoms with Gasteiger partial charge in [-0.2, -0.15) is 0 Å². The zero-order valence-corrected chi connectivity index (χ0v) is 11.7. The van der Waals surface area contributed by atoms with Gasteiger partial charge in [-0.15, -0.1) is 0 Å². The van der Waals surface area contributed by atoms with Gasteiger partial charge in [0.2, 0.25) is 0 Å². The molecule has 0 amide bonds. The molecule has 4 atom stereocenters. The number of hydrogen-bond acceptors (Lipinski definition) is 5. The van der Waals surface area contributed by atoms with Crippen molar-refractivity contribution in [1.29, 1.82) is 0 Å². The van der Waals surface area contributed by atoms with Crippen LogP contribution in [0.4, 0.5) is 0 Å². The van der Waals surface area contributed by atoms with Crippen LogP contribution in [0.15, 0.2) is 0 Å². The fraction of sp³-hybridized carbons (Fsp3) is 0.923. The predicted molar refractivity (Wildman–Crippen MR) is 70.1 cm³/mol. The Morgan fingerprint density at radius 2 is 2.16 bits per heavy atom. The van der Waals surface area contributed by atoms with Crippen molar-refractivity contribution in [3.63, 3.8) is 0 Å². The number of carboxylic acids is 1. The number of aliphatic carboxylic acids is 1. The maximum atomic E-state index is 10.9. The molecule has 0 bridgehead atoms. The molecule has 0 aromatic heterocycles. The van der Waals surface area contributed by atoms with E-state index in [2.05, 4.69) is 9.80 Å². The van der Waals surface area contributed by atoms with Gasteiger partial charge in [0.25, 0.3) is 0 Å². The van der Waals surface area contributed by atoms with E-state index in [1.54, 1.807) is 0 Å². The maximum absolute atomic E-state index is 10.9. The summed E-state index contributed by atoms with van der Waals surface area (Å²) in [6.07, 6.45) is 1.22. The molecule has 2 aliphatic rings. The van der Waals surface area contributed by atoms with Crippen LogP contribution < -0.4 is 0 Å². The number of aliphatic hydroxyl groups excluding tert-OH is 1. The molecule has 0 spiro atoms. The molecule has 2 aliphatic heterocycles. The number of hydrogen-bond donors (Lipinski definition) is 2. The molecule has 6 nitrogen and oxygen atoms in total. The van der Waals surface area contributed by atoms with Gasteiger partial charge in [0.1, 0.15) is 0 Å². The van der Waals surface area contributed by atoms with E-state index in [0.29, 0.717) is 19.0 Å². The van der Waals surface area contributed by atoms with Crippen LogP contribution in [-0.2, 0) is 9.53 Å². The van der Waals surface area contributed by atoms with E-state index in [9.17, 15) is 9.90 Å². The van der Waals surface area contributed by atoms with Gasteiger partial charge in [-0.05, 0) is 33.4 Å². The van der Waals surface area contributed by atoms with Crippen molar-refractivity contribution >= 4 is 5.97 Å². The Morgan fingerprint density at radius 3 is 2.74 bits per heavy atom. The SMILES string of the molecule is CN(C)CC1CC(O)CN1CC1CCC(C(=O)O)O1. The molecule has 110 valence electrons. The molecule has 0 saturated carbocycles. The lowest BCUT2D eigenvalue weighted by atomic mass is 10.1. The minimum absolute atomic E-state index is 0.0175. The van der Waals surface area contributed by atoms with Crippen molar-refractivity contribution in [2.24, 2.45) is 0 Å². The topological polar surface area (TPSA) is 73.2 Å². The average Bonchev–Trinajstić information content (AvgIpc) is 2.86. The summed E-state index contributed by atoms with van der Waals surface area (Å²) in [5.41, 5.74) is 0. The van der Waals surface area contributed by atoms with E-state index in [1.807, 2.05) is 14.1 Å². The van der Waals surface area contributed by atoms with Crippen LogP contribution in [0.25, 0.3) is 0 Å². The number of carboxylic acid groups (broad SMARTS) is 1. The lowest BCUT2D eigenvalue weighted by Gasteiger charge is -2.28. The van der Waals surface area contributed by atoms with Crippen molar-refractivity contribution in [1.82, 2.24) is 9.80 Å². The van der Waals surface area contributed by atoms with E-state index >= 15 is 0 Å². The molecule has 0 radical (unpaired) electrons. The molecule has 2 N–H and O–H groups in total. The highest BCUT2D eigenvalue weighted by Crippen LogP contribution is 2.25. The Kier molecular flexibility index (Phi) is 4.78. The monoisotopic (exact) mass is 272 g/mol. The third-order valence-corrected chi connectivity index (χ3v) is 3.90. The third-order valence-electron chi connectivity index (χ3n) is 3.90. The highest BCUT2D eigenvalue weighted by atomic mass is 16.5. The summed E-state index contributed by atoms with van der Waals surface area (Å²) in [7, 11) is 4.05. The van der Waals surface area contributed by atoms with Crippen molar-refractivity contribution in [2.45, 2.75) is 43.6 Å². The quantitative estimate of drug-likeness (QED) is 0.710. The van der Waals surface area contributed by atoms with Crippen LogP contribution in [0, 0.1) is 0 Å². The van der Waals surface area contributed by atoms with Gasteiger partial charge in [-0.3, -0.25) is 4.90 Å². The predicted octanol–water partition coefficient (Wildman–Crippen LogP) is -0.385. The average molecular weight is 272 g/mol. The van der Waals surface area contributed by atoms with Crippen LogP contribution in [0.2, 0.25) is 0 Å². The van der Waals surface area contributed by atoms with Gasteiger partial charge in [0.15, 0.2) is 6.10 Å². The first-order valence-corrected chi connectivity index (χ1v) is 6.91. The normalized spacial score (nSPS) is 36.2. The minimum atomic E-state index is -0.867. The Bertz CT molecular complexity index is 324. The van der Waals surface area contributed by atoms with Gasteiger partial charge in [0.05, 0.1) is 12.2 Å². The lowest BCUT2D eigenvalue weighted by Crippen LogP contribution is -2.41. The zero-order chi connectivity index (χ0) is 14.0. The highest BCUT2D eigenvalue weighted by molar-refractivity contribution is 5.72. The van der Waals surface area contributed by atoms with E-state index < -0.39 is 12.1 Å². The molecule has 2 heterocycles. The largest absolute Gasteiger partial charge is 0.479 e. The Morgan fingerprint density at radius 1 is 1.42 bits per heavy atom. The summed E-state index contributed by atoms with van der Waals surface area (Å²) in [6, 6.07) is 0.331. The number of aliphatic hydroxyl groups is 1. The molecule has 0 aromatic carbocycles. The molecular weight excluding hydrogens is 248 g/mol. The summed E-state index contributed by atoms with van der Waals surface area (Å²) < 4.78 is 5.54. The number of likely N-dealkylation sites (tertiary alicyclic amines) is 1. The van der Waals surface area contributed by atoms with E-state index in [4.69, 9.17) is 9.84 Å². The van der Waals surface area contributed by atoms with E-state index in [-0.39, 0.29) is 12.2 Å². The Balaban J connectivity index is 1.85. The second kappa shape index (κ2) is 6.17. The molecule has 19 heavy (non-hydrogen) atoms. The van der Waals surface area contributed by atoms with Crippen LogP contribution in [0.5, 0.6) is 0 Å². The number of nitrogens with zero attached hydrogens (tertiary/aromatic N) is 2. The maximum Gasteiger partial charge on any atom is 0.332 e. The summed E-state index contributed by atoms with van der Waals surface area (Å²) in [5.74, 6) is -0.867. The van der Waals surface area contributed by atoms with Crippen molar-refractivity contribution in [3.05, 3.63) is 0 Å². The fourth-order valence-electron chi connectivity index (χ4n) is 3.08. The lowest BCUT2D eigenvalue weighted by molar-refractivity contribution is -0.149. The molecule has 2 fully saturated rings. The fourth-order valence-corrected chi connectivity index (χ4v) is 3.08. The van der Waals surface area contributed by atoms with Gasteiger partial charge >= 0.3 is 5.97 Å². The summed E-state index contributed by atoms with van der Waals surface area (Å²) >= 11 is 0. The van der Waals surface area contributed by atoms with Crippen molar-refractivity contribution < 1.29 is 19.7 Å². The number of rotatable bonds is 5. The molecular formula is C13H24N2O4. The standard InChI is InChI=1S/C13H24N2O4/c1-14(2)6-9-5-10(16)7-15(9)8-11-3-4-12(19-11)13(17)18/h9-12,16H,3-8H2,1-2H3,(H,17,18). The Labute approximate surface area is 113 Å². The number of likely N-dealkylation sites (N-methyl/N-ethyl adjacent to an activating group) is 1. The third kappa shape index (κ3) is 3.89. The summed E-state index contributed by atoms with van der Waals surface area (Å²) in [6.45, 7) is 2.29.